The van der Waals surface area contributed by atoms with Crippen LogP contribution < -0.4 is 11.1 Å². The summed E-state index contributed by atoms with van der Waals surface area (Å²) in [7, 11) is 0. The Morgan fingerprint density at radius 1 is 1.16 bits per heavy atom. The number of nitrogens with two attached hydrogens (primary N) is 1. The van der Waals surface area contributed by atoms with Gasteiger partial charge in [0.1, 0.15) is 0 Å². The lowest BCUT2D eigenvalue weighted by molar-refractivity contribution is 0.102. The topological polar surface area (TPSA) is 58.4 Å². The van der Waals surface area contributed by atoms with Gasteiger partial charge in [-0.1, -0.05) is 39.5 Å². The standard InChI is InChI=1S/C15H31N3O/c1-3-11-17-14(19)18(12-4-2)15(13-16)9-7-5-6-8-10-15/h3-13,16H2,1-2H3,(H,17,19). The summed E-state index contributed by atoms with van der Waals surface area (Å²) in [6.45, 7) is 6.36. The number of carbonyl (C=O) groups excluding carboxylic acids is 1. The summed E-state index contributed by atoms with van der Waals surface area (Å²) < 4.78 is 0. The van der Waals surface area contributed by atoms with Gasteiger partial charge in [-0.2, -0.15) is 0 Å². The zero-order valence-corrected chi connectivity index (χ0v) is 12.7. The van der Waals surface area contributed by atoms with Gasteiger partial charge in [0.2, 0.25) is 0 Å². The summed E-state index contributed by atoms with van der Waals surface area (Å²) in [5.74, 6) is 0. The van der Waals surface area contributed by atoms with Gasteiger partial charge in [-0.15, -0.1) is 0 Å². The smallest absolute Gasteiger partial charge is 0.317 e. The molecule has 0 atom stereocenters. The van der Waals surface area contributed by atoms with Crippen molar-refractivity contribution in [1.82, 2.24) is 10.2 Å². The Kier molecular flexibility index (Phi) is 7.21. The average Bonchev–Trinajstić information content (AvgIpc) is 2.68. The summed E-state index contributed by atoms with van der Waals surface area (Å²) in [6.07, 6.45) is 9.02. The summed E-state index contributed by atoms with van der Waals surface area (Å²) in [5, 5.41) is 3.03. The Hall–Kier alpha value is -0.770. The zero-order valence-electron chi connectivity index (χ0n) is 12.7. The predicted octanol–water partition coefficient (Wildman–Crippen LogP) is 2.87. The molecule has 0 aromatic rings. The third-order valence-corrected chi connectivity index (χ3v) is 4.21. The van der Waals surface area contributed by atoms with Gasteiger partial charge in [-0.25, -0.2) is 4.79 Å². The number of urea groups is 1. The third-order valence-electron chi connectivity index (χ3n) is 4.21. The summed E-state index contributed by atoms with van der Waals surface area (Å²) in [4.78, 5) is 14.5. The molecule has 1 aliphatic carbocycles. The second-order valence-corrected chi connectivity index (χ2v) is 5.73. The molecule has 4 nitrogen and oxygen atoms in total. The molecule has 0 unspecified atom stereocenters. The third kappa shape index (κ3) is 4.37. The highest BCUT2D eigenvalue weighted by Gasteiger charge is 2.38. The van der Waals surface area contributed by atoms with E-state index in [1.807, 2.05) is 4.90 Å². The van der Waals surface area contributed by atoms with E-state index < -0.39 is 0 Å². The van der Waals surface area contributed by atoms with Crippen molar-refractivity contribution in [3.8, 4) is 0 Å². The number of hydrogen-bond donors (Lipinski definition) is 2. The molecule has 1 rings (SSSR count). The first kappa shape index (κ1) is 16.3. The maximum atomic E-state index is 12.4. The van der Waals surface area contributed by atoms with Gasteiger partial charge in [-0.05, 0) is 25.7 Å². The predicted molar refractivity (Wildman–Crippen MR) is 80.2 cm³/mol. The zero-order chi connectivity index (χ0) is 14.1. The Morgan fingerprint density at radius 3 is 2.26 bits per heavy atom. The Labute approximate surface area is 118 Å². The molecule has 0 radical (unpaired) electrons. The number of nitrogens with zero attached hydrogens (tertiary/aromatic N) is 1. The van der Waals surface area contributed by atoms with Crippen molar-refractivity contribution >= 4 is 6.03 Å². The van der Waals surface area contributed by atoms with Gasteiger partial charge in [0.05, 0.1) is 5.54 Å². The fourth-order valence-corrected chi connectivity index (χ4v) is 3.08. The molecule has 1 fully saturated rings. The number of nitrogens with one attached hydrogen (secondary N) is 1. The van der Waals surface area contributed by atoms with Crippen LogP contribution in [-0.4, -0.2) is 36.1 Å². The van der Waals surface area contributed by atoms with Crippen LogP contribution in [0.5, 0.6) is 0 Å². The van der Waals surface area contributed by atoms with Gasteiger partial charge >= 0.3 is 6.03 Å². The SMILES string of the molecule is CCCNC(=O)N(CCC)C1(CN)CCCCCC1. The summed E-state index contributed by atoms with van der Waals surface area (Å²) >= 11 is 0. The first-order valence-electron chi connectivity index (χ1n) is 7.95. The monoisotopic (exact) mass is 269 g/mol. The molecule has 0 saturated heterocycles. The Bertz CT molecular complexity index is 260. The second kappa shape index (κ2) is 8.41. The van der Waals surface area contributed by atoms with Crippen LogP contribution in [0.2, 0.25) is 0 Å². The quantitative estimate of drug-likeness (QED) is 0.728. The van der Waals surface area contributed by atoms with E-state index in [1.165, 1.54) is 25.7 Å². The van der Waals surface area contributed by atoms with Crippen LogP contribution in [0.3, 0.4) is 0 Å². The fourth-order valence-electron chi connectivity index (χ4n) is 3.08. The highest BCUT2D eigenvalue weighted by molar-refractivity contribution is 5.75. The van der Waals surface area contributed by atoms with Crippen LogP contribution in [-0.2, 0) is 0 Å². The van der Waals surface area contributed by atoms with E-state index in [-0.39, 0.29) is 11.6 Å². The Balaban J connectivity index is 2.82. The molecular weight excluding hydrogens is 238 g/mol. The van der Waals surface area contributed by atoms with Crippen molar-refractivity contribution in [3.63, 3.8) is 0 Å². The average molecular weight is 269 g/mol. The number of carbonyl (C=O) groups is 1. The van der Waals surface area contributed by atoms with Crippen molar-refractivity contribution < 1.29 is 4.79 Å². The lowest BCUT2D eigenvalue weighted by Gasteiger charge is -2.43. The van der Waals surface area contributed by atoms with Gasteiger partial charge in [0, 0.05) is 19.6 Å². The number of hydrogen-bond acceptors (Lipinski definition) is 2. The molecule has 19 heavy (non-hydrogen) atoms. The van der Waals surface area contributed by atoms with E-state index in [1.54, 1.807) is 0 Å². The van der Waals surface area contributed by atoms with Gasteiger partial charge in [0.15, 0.2) is 0 Å². The molecule has 1 saturated carbocycles. The van der Waals surface area contributed by atoms with Crippen molar-refractivity contribution in [2.75, 3.05) is 19.6 Å². The van der Waals surface area contributed by atoms with Crippen molar-refractivity contribution in [2.45, 2.75) is 70.8 Å². The minimum Gasteiger partial charge on any atom is -0.338 e. The normalized spacial score (nSPS) is 18.7. The fraction of sp³-hybridized carbons (Fsp3) is 0.933. The van der Waals surface area contributed by atoms with Crippen LogP contribution in [0.25, 0.3) is 0 Å². The van der Waals surface area contributed by atoms with Gasteiger partial charge in [-0.3, -0.25) is 0 Å². The maximum Gasteiger partial charge on any atom is 0.317 e. The molecule has 0 aromatic carbocycles. The second-order valence-electron chi connectivity index (χ2n) is 5.73. The molecule has 0 bridgehead atoms. The molecular formula is C15H31N3O. The van der Waals surface area contributed by atoms with Crippen LogP contribution in [0.1, 0.15) is 65.2 Å². The van der Waals surface area contributed by atoms with Crippen LogP contribution >= 0.6 is 0 Å². The van der Waals surface area contributed by atoms with E-state index >= 15 is 0 Å². The lowest BCUT2D eigenvalue weighted by Crippen LogP contribution is -2.59. The lowest BCUT2D eigenvalue weighted by atomic mass is 9.88. The largest absolute Gasteiger partial charge is 0.338 e. The molecule has 2 amide bonds. The molecule has 4 heteroatoms. The highest BCUT2D eigenvalue weighted by atomic mass is 16.2. The maximum absolute atomic E-state index is 12.4. The minimum atomic E-state index is -0.107. The molecule has 0 spiro atoms. The molecule has 0 aromatic heterocycles. The van der Waals surface area contributed by atoms with Gasteiger partial charge in [0.25, 0.3) is 0 Å². The molecule has 0 heterocycles. The molecule has 3 N–H and O–H groups in total. The molecule has 112 valence electrons. The van der Waals surface area contributed by atoms with E-state index in [0.29, 0.717) is 6.54 Å². The minimum absolute atomic E-state index is 0.0797. The number of amides is 2. The first-order valence-corrected chi connectivity index (χ1v) is 7.95. The van der Waals surface area contributed by atoms with Gasteiger partial charge < -0.3 is 16.0 Å². The summed E-state index contributed by atoms with van der Waals surface area (Å²) in [5.41, 5.74) is 5.98. The van der Waals surface area contributed by atoms with Crippen LogP contribution in [0.4, 0.5) is 4.79 Å². The first-order chi connectivity index (χ1) is 9.20. The van der Waals surface area contributed by atoms with Crippen molar-refractivity contribution in [1.29, 1.82) is 0 Å². The molecule has 0 aliphatic heterocycles. The van der Waals surface area contributed by atoms with E-state index in [9.17, 15) is 4.79 Å². The van der Waals surface area contributed by atoms with E-state index in [4.69, 9.17) is 5.73 Å². The molecule has 1 aliphatic rings. The highest BCUT2D eigenvalue weighted by Crippen LogP contribution is 2.32. The van der Waals surface area contributed by atoms with E-state index in [2.05, 4.69) is 19.2 Å². The van der Waals surface area contributed by atoms with Crippen LogP contribution in [0, 0.1) is 0 Å². The van der Waals surface area contributed by atoms with E-state index in [0.717, 1.165) is 38.8 Å². The Morgan fingerprint density at radius 2 is 1.79 bits per heavy atom. The van der Waals surface area contributed by atoms with Crippen molar-refractivity contribution in [3.05, 3.63) is 0 Å². The van der Waals surface area contributed by atoms with Crippen LogP contribution in [0.15, 0.2) is 0 Å². The summed E-state index contributed by atoms with van der Waals surface area (Å²) in [6, 6.07) is 0.0797. The number of rotatable bonds is 6. The van der Waals surface area contributed by atoms with Crippen molar-refractivity contribution in [2.24, 2.45) is 5.73 Å².